The van der Waals surface area contributed by atoms with Crippen molar-refractivity contribution in [2.45, 2.75) is 38.4 Å². The Labute approximate surface area is 162 Å². The van der Waals surface area contributed by atoms with Gasteiger partial charge in [-0.15, -0.1) is 0 Å². The van der Waals surface area contributed by atoms with Gasteiger partial charge in [0, 0.05) is 28.7 Å². The van der Waals surface area contributed by atoms with Crippen LogP contribution in [0.15, 0.2) is 36.4 Å². The molecule has 1 atom stereocenters. The average Bonchev–Trinajstić information content (AvgIpc) is 2.89. The van der Waals surface area contributed by atoms with Crippen molar-refractivity contribution in [3.8, 4) is 0 Å². The molecule has 0 spiro atoms. The summed E-state index contributed by atoms with van der Waals surface area (Å²) >= 11 is 5.63. The van der Waals surface area contributed by atoms with E-state index in [1.165, 1.54) is 0 Å². The molecule has 2 heterocycles. The number of fused-ring (bicyclic) bond motifs is 6. The first kappa shape index (κ1) is 16.4. The van der Waals surface area contributed by atoms with Crippen molar-refractivity contribution in [3.63, 3.8) is 0 Å². The van der Waals surface area contributed by atoms with Crippen LogP contribution >= 0.6 is 12.2 Å². The highest BCUT2D eigenvalue weighted by Crippen LogP contribution is 2.49. The normalized spacial score (nSPS) is 24.4. The van der Waals surface area contributed by atoms with Crippen molar-refractivity contribution >= 4 is 40.3 Å². The molecule has 0 aromatic heterocycles. The van der Waals surface area contributed by atoms with E-state index in [9.17, 15) is 9.59 Å². The number of nitrogens with one attached hydrogen (secondary N) is 2. The summed E-state index contributed by atoms with van der Waals surface area (Å²) in [5.41, 5.74) is 2.73. The van der Waals surface area contributed by atoms with E-state index in [1.54, 1.807) is 30.3 Å². The molecule has 1 saturated heterocycles. The van der Waals surface area contributed by atoms with E-state index >= 15 is 0 Å². The van der Waals surface area contributed by atoms with Gasteiger partial charge in [0.25, 0.3) is 0 Å². The molecule has 0 bridgehead atoms. The topological polar surface area (TPSA) is 61.4 Å². The van der Waals surface area contributed by atoms with Crippen molar-refractivity contribution in [1.29, 1.82) is 0 Å². The number of hydrogen-bond donors (Lipinski definition) is 2. The van der Waals surface area contributed by atoms with Crippen LogP contribution in [-0.2, 0) is 0 Å². The van der Waals surface area contributed by atoms with Crippen molar-refractivity contribution in [2.75, 3.05) is 10.2 Å². The second-order valence-electron chi connectivity index (χ2n) is 8.31. The number of hydrogen-bond acceptors (Lipinski definition) is 4. The predicted octanol–water partition coefficient (Wildman–Crippen LogP) is 3.47. The third kappa shape index (κ3) is 2.07. The molecule has 2 aromatic rings. The molecule has 6 heteroatoms. The molecular formula is C21H19N3O2S. The molecule has 27 heavy (non-hydrogen) atoms. The molecule has 5 rings (SSSR count). The van der Waals surface area contributed by atoms with Crippen LogP contribution in [-0.4, -0.2) is 27.9 Å². The van der Waals surface area contributed by atoms with Crippen molar-refractivity contribution in [3.05, 3.63) is 58.7 Å². The number of benzene rings is 2. The Hall–Kier alpha value is -2.73. The number of carbonyl (C=O) groups is 2. The van der Waals surface area contributed by atoms with Crippen molar-refractivity contribution in [1.82, 2.24) is 5.32 Å². The van der Waals surface area contributed by atoms with Crippen LogP contribution < -0.4 is 15.5 Å². The number of nitrogens with zero attached hydrogens (tertiary/aromatic N) is 1. The van der Waals surface area contributed by atoms with E-state index < -0.39 is 5.66 Å². The van der Waals surface area contributed by atoms with Gasteiger partial charge in [0.2, 0.25) is 0 Å². The molecule has 0 radical (unpaired) electrons. The fourth-order valence-electron chi connectivity index (χ4n) is 4.79. The van der Waals surface area contributed by atoms with Gasteiger partial charge in [-0.05, 0) is 45.1 Å². The summed E-state index contributed by atoms with van der Waals surface area (Å²) in [5, 5.41) is 7.53. The first-order chi connectivity index (χ1) is 12.7. The first-order valence-corrected chi connectivity index (χ1v) is 9.39. The van der Waals surface area contributed by atoms with E-state index in [-0.39, 0.29) is 17.1 Å². The van der Waals surface area contributed by atoms with Gasteiger partial charge in [-0.1, -0.05) is 24.3 Å². The maximum absolute atomic E-state index is 13.3. The Balaban J connectivity index is 1.73. The molecular weight excluding hydrogens is 358 g/mol. The molecule has 2 aromatic carbocycles. The van der Waals surface area contributed by atoms with Crippen LogP contribution in [0.3, 0.4) is 0 Å². The van der Waals surface area contributed by atoms with Gasteiger partial charge in [0.1, 0.15) is 5.66 Å². The summed E-state index contributed by atoms with van der Waals surface area (Å²) in [6, 6.07) is 10.6. The highest BCUT2D eigenvalue weighted by atomic mass is 32.1. The third-order valence-electron chi connectivity index (χ3n) is 5.63. The third-order valence-corrected chi connectivity index (χ3v) is 5.92. The lowest BCUT2D eigenvalue weighted by Crippen LogP contribution is -2.67. The number of anilines is 2. The molecule has 5 nitrogen and oxygen atoms in total. The molecule has 2 aliphatic heterocycles. The molecule has 136 valence electrons. The smallest absolute Gasteiger partial charge is 0.196 e. The Morgan fingerprint density at radius 2 is 1.59 bits per heavy atom. The van der Waals surface area contributed by atoms with Crippen molar-refractivity contribution in [2.24, 2.45) is 0 Å². The van der Waals surface area contributed by atoms with E-state index in [2.05, 4.69) is 31.4 Å². The first-order valence-electron chi connectivity index (χ1n) is 8.98. The summed E-state index contributed by atoms with van der Waals surface area (Å²) in [6.07, 6.45) is 0.780. The van der Waals surface area contributed by atoms with Crippen LogP contribution in [0.1, 0.15) is 59.0 Å². The van der Waals surface area contributed by atoms with Crippen LogP contribution in [0, 0.1) is 0 Å². The Bertz CT molecular complexity index is 1080. The second-order valence-corrected chi connectivity index (χ2v) is 8.70. The maximum atomic E-state index is 13.3. The van der Waals surface area contributed by atoms with Gasteiger partial charge < -0.3 is 10.6 Å². The van der Waals surface area contributed by atoms with Crippen LogP contribution in [0.2, 0.25) is 0 Å². The van der Waals surface area contributed by atoms with E-state index in [4.69, 9.17) is 12.2 Å². The molecule has 1 aliphatic carbocycles. The molecule has 2 N–H and O–H groups in total. The zero-order valence-corrected chi connectivity index (χ0v) is 16.2. The quantitative estimate of drug-likeness (QED) is 0.585. The maximum Gasteiger partial charge on any atom is 0.196 e. The lowest BCUT2D eigenvalue weighted by Gasteiger charge is -2.48. The molecule has 0 amide bonds. The highest BCUT2D eigenvalue weighted by molar-refractivity contribution is 7.80. The van der Waals surface area contributed by atoms with E-state index in [0.29, 0.717) is 33.1 Å². The van der Waals surface area contributed by atoms with Crippen LogP contribution in [0.5, 0.6) is 0 Å². The molecule has 0 saturated carbocycles. The SMILES string of the molecule is CC1(C)CC2(C)Nc3c(ccc4c3C(=O)c3ccccc3C4=O)N2C(=S)N1. The number of thiocarbonyl (C=S) groups is 1. The molecule has 1 fully saturated rings. The minimum Gasteiger partial charge on any atom is -0.360 e. The number of rotatable bonds is 0. The van der Waals surface area contributed by atoms with Gasteiger partial charge in [-0.25, -0.2) is 0 Å². The summed E-state index contributed by atoms with van der Waals surface area (Å²) in [6.45, 7) is 6.29. The van der Waals surface area contributed by atoms with Crippen molar-refractivity contribution < 1.29 is 9.59 Å². The van der Waals surface area contributed by atoms with Crippen LogP contribution in [0.4, 0.5) is 11.4 Å². The van der Waals surface area contributed by atoms with Gasteiger partial charge in [-0.2, -0.15) is 0 Å². The van der Waals surface area contributed by atoms with Gasteiger partial charge in [0.05, 0.1) is 16.9 Å². The van der Waals surface area contributed by atoms with E-state index in [1.807, 2.05) is 11.0 Å². The second kappa shape index (κ2) is 4.95. The molecule has 3 aliphatic rings. The Morgan fingerprint density at radius 3 is 2.30 bits per heavy atom. The standard InChI is InChI=1S/C21H19N3O2S/c1-20(2)10-21(3)22-16-14(24(21)19(27)23-20)9-8-13-15(16)18(26)12-7-5-4-6-11(12)17(13)25/h4-9,22H,10H2,1-3H3,(H,23,27). The summed E-state index contributed by atoms with van der Waals surface area (Å²) in [5.74, 6) is -0.230. The largest absolute Gasteiger partial charge is 0.360 e. The highest BCUT2D eigenvalue weighted by Gasteiger charge is 2.51. The van der Waals surface area contributed by atoms with E-state index in [0.717, 1.165) is 12.1 Å². The summed E-state index contributed by atoms with van der Waals surface area (Å²) in [4.78, 5) is 28.3. The fourth-order valence-corrected chi connectivity index (χ4v) is 5.36. The number of carbonyl (C=O) groups excluding carboxylic acids is 2. The fraction of sp³-hybridized carbons (Fsp3) is 0.286. The van der Waals surface area contributed by atoms with Gasteiger partial charge >= 0.3 is 0 Å². The lowest BCUT2D eigenvalue weighted by atomic mass is 9.83. The minimum atomic E-state index is -0.455. The van der Waals surface area contributed by atoms with Gasteiger partial charge in [0.15, 0.2) is 16.7 Å². The predicted molar refractivity (Wildman–Crippen MR) is 109 cm³/mol. The minimum absolute atomic E-state index is 0.110. The average molecular weight is 377 g/mol. The zero-order chi connectivity index (χ0) is 19.1. The monoisotopic (exact) mass is 377 g/mol. The Kier molecular flexibility index (Phi) is 3.02. The lowest BCUT2D eigenvalue weighted by molar-refractivity contribution is 0.0979. The summed E-state index contributed by atoms with van der Waals surface area (Å²) in [7, 11) is 0. The number of ketones is 2. The Morgan fingerprint density at radius 1 is 0.926 bits per heavy atom. The van der Waals surface area contributed by atoms with Crippen LogP contribution in [0.25, 0.3) is 0 Å². The van der Waals surface area contributed by atoms with Gasteiger partial charge in [-0.3, -0.25) is 14.5 Å². The summed E-state index contributed by atoms with van der Waals surface area (Å²) < 4.78 is 0. The zero-order valence-electron chi connectivity index (χ0n) is 15.3. The molecule has 1 unspecified atom stereocenters.